The lowest BCUT2D eigenvalue weighted by Crippen LogP contribution is -2.38. The number of nitrogens with zero attached hydrogens (tertiary/aromatic N) is 5. The van der Waals surface area contributed by atoms with Crippen LogP contribution in [0.1, 0.15) is 85.0 Å². The fourth-order valence-electron chi connectivity index (χ4n) is 9.10. The van der Waals surface area contributed by atoms with Crippen LogP contribution in [0.4, 0.5) is 24.8 Å². The molecule has 0 aliphatic carbocycles. The molecular weight excluding hydrogens is 1290 g/mol. The van der Waals surface area contributed by atoms with E-state index in [9.17, 15) is 49.5 Å². The van der Waals surface area contributed by atoms with Crippen molar-refractivity contribution in [2.24, 2.45) is 0 Å². The number of rotatable bonds is 20. The largest absolute Gasteiger partial charge is 0.503 e. The number of amides is 3. The molecule has 0 atom stereocenters. The zero-order chi connectivity index (χ0) is 65.1. The van der Waals surface area contributed by atoms with Crippen LogP contribution in [0.15, 0.2) is 156 Å². The Morgan fingerprint density at radius 1 is 0.484 bits per heavy atom. The van der Waals surface area contributed by atoms with Gasteiger partial charge in [-0.2, -0.15) is 0 Å². The standard InChI is InChI=1S/C25H26FN3O5S.C21H18BrFN2O3.C18H20FN3O5S/c1-33-21-15-22(29-13-5-6-14-35(29,31)32)28-23(24(21)34-17-19-7-3-2-4-8-19)25(30)27-16-18-9-11-20(26)12-10-18;1-27-17-11-18(22)25-19(20(17)28-13-15-5-3-2-4-6-15)21(26)24-12-14-7-9-16(23)10-8-14;1-27-14-10-15(22-8-2-3-9-28(22,25)26)21-16(17(14)23)18(24)20-11-12-4-6-13(19)7-5-12/h2-4,7-12,15H,5-6,13-14,16-17H2,1H3,(H,27,30);2-11H,12-13H2,1H3,(H,24,26);4-7,10,23H,2-3,8-9,11H2,1H3,(H,20,24). The van der Waals surface area contributed by atoms with Gasteiger partial charge in [0.25, 0.3) is 17.7 Å². The number of hydrogen-bond donors (Lipinski definition) is 4. The van der Waals surface area contributed by atoms with Gasteiger partial charge in [-0.05, 0) is 106 Å². The summed E-state index contributed by atoms with van der Waals surface area (Å²) < 4.78 is 120. The number of hydrogen-bond acceptors (Lipinski definition) is 16. The molecule has 2 saturated heterocycles. The van der Waals surface area contributed by atoms with E-state index in [1.54, 1.807) is 30.3 Å². The Hall–Kier alpha value is -9.47. The van der Waals surface area contributed by atoms with Crippen molar-refractivity contribution < 1.29 is 73.2 Å². The smallest absolute Gasteiger partial charge is 0.274 e. The van der Waals surface area contributed by atoms with E-state index in [0.29, 0.717) is 47.2 Å². The Bertz CT molecular complexity index is 4040. The van der Waals surface area contributed by atoms with Crippen LogP contribution in [0, 0.1) is 17.5 Å². The Balaban J connectivity index is 0.000000178. The number of anilines is 2. The molecule has 4 N–H and O–H groups in total. The molecule has 91 heavy (non-hydrogen) atoms. The highest BCUT2D eigenvalue weighted by atomic mass is 79.9. The SMILES string of the molecule is COc1cc(Br)nc(C(=O)NCc2ccc(F)cc2)c1OCc1ccccc1.COc1cc(N2CCCCS2(=O)=O)nc(C(=O)NCc2ccc(F)cc2)c1O.COc1cc(N2CCCCS2(=O)=O)nc(C(=O)NCc2ccc(F)cc2)c1OCc1ccccc1. The molecule has 2 aliphatic rings. The van der Waals surface area contributed by atoms with Crippen LogP contribution in [-0.2, 0) is 52.9 Å². The second-order valence-electron chi connectivity index (χ2n) is 20.2. The van der Waals surface area contributed by atoms with E-state index < -0.39 is 49.3 Å². The first kappa shape index (κ1) is 67.5. The predicted octanol–water partition coefficient (Wildman–Crippen LogP) is 9.96. The molecule has 8 aromatic rings. The summed E-state index contributed by atoms with van der Waals surface area (Å²) in [6.07, 6.45) is 2.47. The van der Waals surface area contributed by atoms with Crippen molar-refractivity contribution in [3.8, 4) is 34.5 Å². The van der Waals surface area contributed by atoms with Crippen molar-refractivity contribution in [1.29, 1.82) is 0 Å². The fraction of sp³-hybridized carbons (Fsp3) is 0.250. The summed E-state index contributed by atoms with van der Waals surface area (Å²) in [7, 11) is -2.91. The van der Waals surface area contributed by atoms with Gasteiger partial charge in [0.15, 0.2) is 51.6 Å². The Kier molecular flexibility index (Phi) is 23.6. The highest BCUT2D eigenvalue weighted by molar-refractivity contribution is 9.10. The van der Waals surface area contributed by atoms with Crippen LogP contribution in [0.2, 0.25) is 0 Å². The van der Waals surface area contributed by atoms with Crippen LogP contribution in [-0.4, -0.2) is 101 Å². The van der Waals surface area contributed by atoms with Crippen molar-refractivity contribution in [2.75, 3.05) is 54.5 Å². The van der Waals surface area contributed by atoms with Gasteiger partial charge in [-0.3, -0.25) is 23.0 Å². The third-order valence-corrected chi connectivity index (χ3v) is 17.9. The number of carbonyl (C=O) groups is 3. The van der Waals surface area contributed by atoms with Crippen molar-refractivity contribution in [1.82, 2.24) is 30.9 Å². The quantitative estimate of drug-likeness (QED) is 0.0517. The summed E-state index contributed by atoms with van der Waals surface area (Å²) in [6.45, 7) is 1.34. The van der Waals surface area contributed by atoms with Gasteiger partial charge in [-0.1, -0.05) is 97.1 Å². The van der Waals surface area contributed by atoms with Crippen LogP contribution in [0.5, 0.6) is 34.5 Å². The molecule has 0 saturated carbocycles. The molecular formula is C64H64BrF3N8O13S2. The summed E-state index contributed by atoms with van der Waals surface area (Å²) in [6, 6.07) is 40.6. The lowest BCUT2D eigenvalue weighted by molar-refractivity contribution is 0.0931. The second kappa shape index (κ2) is 31.8. The van der Waals surface area contributed by atoms with Crippen LogP contribution in [0.3, 0.4) is 0 Å². The van der Waals surface area contributed by atoms with E-state index in [2.05, 4.69) is 46.8 Å². The van der Waals surface area contributed by atoms with Gasteiger partial charge in [0.1, 0.15) is 46.9 Å². The fourth-order valence-corrected chi connectivity index (χ4v) is 12.6. The topological polar surface area (TPSA) is 267 Å². The minimum Gasteiger partial charge on any atom is -0.503 e. The maximum atomic E-state index is 13.2. The highest BCUT2D eigenvalue weighted by Gasteiger charge is 2.32. The lowest BCUT2D eigenvalue weighted by Gasteiger charge is -2.28. The molecule has 10 rings (SSSR count). The first-order chi connectivity index (χ1) is 43.7. The monoisotopic (exact) mass is 1350 g/mol. The van der Waals surface area contributed by atoms with Crippen LogP contribution in [0.25, 0.3) is 0 Å². The number of aromatic hydroxyl groups is 1. The number of nitrogens with one attached hydrogen (secondary N) is 3. The number of aromatic nitrogens is 3. The summed E-state index contributed by atoms with van der Waals surface area (Å²) in [4.78, 5) is 51.2. The zero-order valence-electron chi connectivity index (χ0n) is 49.5. The van der Waals surface area contributed by atoms with E-state index in [1.807, 2.05) is 60.7 Å². The Labute approximate surface area is 532 Å². The first-order valence-electron chi connectivity index (χ1n) is 28.3. The minimum absolute atomic E-state index is 0.00928. The average Bonchev–Trinajstić information content (AvgIpc) is 0.938. The van der Waals surface area contributed by atoms with Gasteiger partial charge in [-0.25, -0.2) is 45.0 Å². The highest BCUT2D eigenvalue weighted by Crippen LogP contribution is 2.38. The number of pyridine rings is 3. The van der Waals surface area contributed by atoms with E-state index in [1.165, 1.54) is 86.3 Å². The average molecular weight is 1350 g/mol. The summed E-state index contributed by atoms with van der Waals surface area (Å²) in [5.74, 6) is -2.30. The molecule has 3 amide bonds. The molecule has 3 aromatic heterocycles. The molecule has 27 heteroatoms. The van der Waals surface area contributed by atoms with Gasteiger partial charge in [0, 0.05) is 50.9 Å². The molecule has 2 aliphatic heterocycles. The van der Waals surface area contributed by atoms with E-state index >= 15 is 0 Å². The van der Waals surface area contributed by atoms with Crippen molar-refractivity contribution in [3.05, 3.63) is 219 Å². The Morgan fingerprint density at radius 2 is 0.835 bits per heavy atom. The molecule has 5 aromatic carbocycles. The number of carbonyl (C=O) groups excluding carboxylic acids is 3. The molecule has 0 spiro atoms. The molecule has 21 nitrogen and oxygen atoms in total. The van der Waals surface area contributed by atoms with Crippen LogP contribution < -0.4 is 48.2 Å². The van der Waals surface area contributed by atoms with E-state index in [4.69, 9.17) is 23.7 Å². The maximum absolute atomic E-state index is 13.2. The van der Waals surface area contributed by atoms with E-state index in [0.717, 1.165) is 21.0 Å². The van der Waals surface area contributed by atoms with Gasteiger partial charge < -0.3 is 44.7 Å². The molecule has 2 fully saturated rings. The first-order valence-corrected chi connectivity index (χ1v) is 32.3. The van der Waals surface area contributed by atoms with Gasteiger partial charge >= 0.3 is 0 Å². The summed E-state index contributed by atoms with van der Waals surface area (Å²) >= 11 is 3.29. The normalized spacial score (nSPS) is 13.8. The lowest BCUT2D eigenvalue weighted by atomic mass is 10.2. The number of ether oxygens (including phenoxy) is 5. The number of sulfonamides is 2. The number of methoxy groups -OCH3 is 3. The molecule has 0 bridgehead atoms. The predicted molar refractivity (Wildman–Crippen MR) is 337 cm³/mol. The van der Waals surface area contributed by atoms with E-state index in [-0.39, 0.29) is 121 Å². The summed E-state index contributed by atoms with van der Waals surface area (Å²) in [5, 5.41) is 18.4. The van der Waals surface area contributed by atoms with Crippen molar-refractivity contribution >= 4 is 65.3 Å². The van der Waals surface area contributed by atoms with Crippen molar-refractivity contribution in [3.63, 3.8) is 0 Å². The third kappa shape index (κ3) is 18.6. The minimum atomic E-state index is -3.56. The zero-order valence-corrected chi connectivity index (χ0v) is 52.8. The number of halogens is 4. The second-order valence-corrected chi connectivity index (χ2v) is 25.1. The third-order valence-electron chi connectivity index (χ3n) is 13.8. The van der Waals surface area contributed by atoms with Crippen molar-refractivity contribution in [2.45, 2.75) is 58.5 Å². The summed E-state index contributed by atoms with van der Waals surface area (Å²) in [5.41, 5.74) is 3.58. The number of benzene rings is 5. The van der Waals surface area contributed by atoms with Crippen LogP contribution >= 0.6 is 15.9 Å². The van der Waals surface area contributed by atoms with Gasteiger partial charge in [0.05, 0.1) is 32.8 Å². The van der Waals surface area contributed by atoms with Gasteiger partial charge in [0.2, 0.25) is 20.0 Å². The Morgan fingerprint density at radius 3 is 1.22 bits per heavy atom. The molecule has 478 valence electrons. The maximum Gasteiger partial charge on any atom is 0.274 e. The molecule has 0 radical (unpaired) electrons. The molecule has 5 heterocycles. The van der Waals surface area contributed by atoms with Gasteiger partial charge in [-0.15, -0.1) is 0 Å². The molecule has 0 unspecified atom stereocenters.